The number of hydrogen-bond acceptors (Lipinski definition) is 4. The molecule has 2 aliphatic heterocycles. The zero-order chi connectivity index (χ0) is 18.6. The van der Waals surface area contributed by atoms with Crippen LogP contribution in [0.25, 0.3) is 0 Å². The molecule has 0 saturated carbocycles. The van der Waals surface area contributed by atoms with E-state index in [-0.39, 0.29) is 11.9 Å². The van der Waals surface area contributed by atoms with Crippen LogP contribution in [0.3, 0.4) is 0 Å². The molecule has 1 atom stereocenters. The van der Waals surface area contributed by atoms with Gasteiger partial charge in [0.05, 0.1) is 6.61 Å². The second-order valence-electron chi connectivity index (χ2n) is 6.95. The highest BCUT2D eigenvalue weighted by Gasteiger charge is 2.23. The Morgan fingerprint density at radius 3 is 2.70 bits per heavy atom. The Bertz CT molecular complexity index is 806. The average molecular weight is 366 g/mol. The maximum atomic E-state index is 12.5. The smallest absolute Gasteiger partial charge is 0.322 e. The number of rotatable bonds is 4. The molecule has 1 fully saturated rings. The van der Waals surface area contributed by atoms with E-state index in [2.05, 4.69) is 15.6 Å². The highest BCUT2D eigenvalue weighted by molar-refractivity contribution is 5.95. The summed E-state index contributed by atoms with van der Waals surface area (Å²) in [6.07, 6.45) is 4.53. The number of anilines is 1. The van der Waals surface area contributed by atoms with E-state index in [4.69, 9.17) is 4.74 Å². The summed E-state index contributed by atoms with van der Waals surface area (Å²) in [5.74, 6) is 0.287. The van der Waals surface area contributed by atoms with E-state index in [0.717, 1.165) is 24.2 Å². The summed E-state index contributed by atoms with van der Waals surface area (Å²) in [6.45, 7) is 3.24. The zero-order valence-electron chi connectivity index (χ0n) is 15.0. The quantitative estimate of drug-likeness (QED) is 0.870. The SMILES string of the molecule is O=C(NC[C@@H]1CCOC1)c1ccc(NC(=O)N2Cc3ccncc3C2)cc1. The Morgan fingerprint density at radius 2 is 1.96 bits per heavy atom. The largest absolute Gasteiger partial charge is 0.381 e. The monoisotopic (exact) mass is 366 g/mol. The van der Waals surface area contributed by atoms with Crippen LogP contribution in [0.1, 0.15) is 27.9 Å². The molecule has 1 aromatic heterocycles. The van der Waals surface area contributed by atoms with Gasteiger partial charge >= 0.3 is 6.03 Å². The van der Waals surface area contributed by atoms with Crippen LogP contribution in [0.15, 0.2) is 42.7 Å². The number of carbonyl (C=O) groups is 2. The van der Waals surface area contributed by atoms with Gasteiger partial charge in [-0.1, -0.05) is 0 Å². The van der Waals surface area contributed by atoms with Crippen molar-refractivity contribution in [3.05, 3.63) is 59.4 Å². The molecule has 27 heavy (non-hydrogen) atoms. The number of benzene rings is 1. The molecule has 0 unspecified atom stereocenters. The second kappa shape index (κ2) is 7.75. The van der Waals surface area contributed by atoms with E-state index >= 15 is 0 Å². The first-order valence-corrected chi connectivity index (χ1v) is 9.13. The normalized spacial score (nSPS) is 18.2. The molecule has 0 spiro atoms. The van der Waals surface area contributed by atoms with Crippen LogP contribution in [0, 0.1) is 5.92 Å². The molecule has 7 heteroatoms. The topological polar surface area (TPSA) is 83.6 Å². The molecule has 7 nitrogen and oxygen atoms in total. The Kier molecular flexibility index (Phi) is 5.02. The van der Waals surface area contributed by atoms with Crippen molar-refractivity contribution in [2.45, 2.75) is 19.5 Å². The number of urea groups is 1. The average Bonchev–Trinajstić information content (AvgIpc) is 3.36. The molecular weight excluding hydrogens is 344 g/mol. The predicted octanol–water partition coefficient (Wildman–Crippen LogP) is 2.40. The third-order valence-electron chi connectivity index (χ3n) is 4.99. The van der Waals surface area contributed by atoms with Crippen molar-refractivity contribution < 1.29 is 14.3 Å². The van der Waals surface area contributed by atoms with E-state index in [0.29, 0.717) is 43.4 Å². The maximum absolute atomic E-state index is 12.5. The van der Waals surface area contributed by atoms with Crippen LogP contribution in [-0.2, 0) is 17.8 Å². The summed E-state index contributed by atoms with van der Waals surface area (Å²) >= 11 is 0. The van der Waals surface area contributed by atoms with Gasteiger partial charge in [-0.2, -0.15) is 0 Å². The van der Waals surface area contributed by atoms with Crippen molar-refractivity contribution >= 4 is 17.6 Å². The van der Waals surface area contributed by atoms with Crippen molar-refractivity contribution in [2.75, 3.05) is 25.1 Å². The summed E-state index contributed by atoms with van der Waals surface area (Å²) in [6, 6.07) is 8.71. The summed E-state index contributed by atoms with van der Waals surface area (Å²) in [7, 11) is 0. The molecule has 2 aliphatic rings. The van der Waals surface area contributed by atoms with E-state index in [1.807, 2.05) is 6.07 Å². The molecule has 3 heterocycles. The number of pyridine rings is 1. The van der Waals surface area contributed by atoms with Gasteiger partial charge in [0, 0.05) is 55.8 Å². The van der Waals surface area contributed by atoms with Crippen LogP contribution in [-0.4, -0.2) is 41.6 Å². The lowest BCUT2D eigenvalue weighted by Gasteiger charge is -2.16. The summed E-state index contributed by atoms with van der Waals surface area (Å²) in [4.78, 5) is 30.5. The molecule has 140 valence electrons. The Morgan fingerprint density at radius 1 is 1.15 bits per heavy atom. The maximum Gasteiger partial charge on any atom is 0.322 e. The van der Waals surface area contributed by atoms with E-state index in [9.17, 15) is 9.59 Å². The number of nitrogens with one attached hydrogen (secondary N) is 2. The first kappa shape index (κ1) is 17.5. The predicted molar refractivity (Wildman–Crippen MR) is 100 cm³/mol. The van der Waals surface area contributed by atoms with Gasteiger partial charge in [0.2, 0.25) is 0 Å². The van der Waals surface area contributed by atoms with Crippen molar-refractivity contribution in [3.63, 3.8) is 0 Å². The number of nitrogens with zero attached hydrogens (tertiary/aromatic N) is 2. The van der Waals surface area contributed by atoms with Gasteiger partial charge in [0.25, 0.3) is 5.91 Å². The minimum Gasteiger partial charge on any atom is -0.381 e. The number of amides is 3. The molecule has 0 aliphatic carbocycles. The first-order chi connectivity index (χ1) is 13.2. The molecular formula is C20H22N4O3. The Labute approximate surface area is 157 Å². The molecule has 1 saturated heterocycles. The summed E-state index contributed by atoms with van der Waals surface area (Å²) in [5, 5.41) is 5.82. The molecule has 0 bridgehead atoms. The first-order valence-electron chi connectivity index (χ1n) is 9.13. The van der Waals surface area contributed by atoms with Crippen LogP contribution < -0.4 is 10.6 Å². The fraction of sp³-hybridized carbons (Fsp3) is 0.350. The molecule has 0 radical (unpaired) electrons. The lowest BCUT2D eigenvalue weighted by molar-refractivity contribution is 0.0945. The fourth-order valence-electron chi connectivity index (χ4n) is 3.35. The van der Waals surface area contributed by atoms with Gasteiger partial charge in [-0.05, 0) is 47.9 Å². The van der Waals surface area contributed by atoms with Crippen molar-refractivity contribution in [2.24, 2.45) is 5.92 Å². The Hall–Kier alpha value is -2.93. The number of aromatic nitrogens is 1. The molecule has 4 rings (SSSR count). The minimum atomic E-state index is -0.162. The van der Waals surface area contributed by atoms with Crippen LogP contribution in [0.4, 0.5) is 10.5 Å². The lowest BCUT2D eigenvalue weighted by atomic mass is 10.1. The number of carbonyl (C=O) groups excluding carboxylic acids is 2. The van der Waals surface area contributed by atoms with Crippen molar-refractivity contribution in [3.8, 4) is 0 Å². The van der Waals surface area contributed by atoms with E-state index in [1.165, 1.54) is 0 Å². The number of fused-ring (bicyclic) bond motifs is 1. The van der Waals surface area contributed by atoms with Gasteiger partial charge in [0.1, 0.15) is 0 Å². The van der Waals surface area contributed by atoms with E-state index < -0.39 is 0 Å². The fourth-order valence-corrected chi connectivity index (χ4v) is 3.35. The molecule has 2 aromatic rings. The number of ether oxygens (including phenoxy) is 1. The highest BCUT2D eigenvalue weighted by Crippen LogP contribution is 2.22. The highest BCUT2D eigenvalue weighted by atomic mass is 16.5. The minimum absolute atomic E-state index is 0.109. The van der Waals surface area contributed by atoms with Gasteiger partial charge in [-0.25, -0.2) is 4.79 Å². The third-order valence-corrected chi connectivity index (χ3v) is 4.99. The summed E-state index contributed by atoms with van der Waals surface area (Å²) in [5.41, 5.74) is 3.44. The van der Waals surface area contributed by atoms with Crippen LogP contribution >= 0.6 is 0 Å². The lowest BCUT2D eigenvalue weighted by Crippen LogP contribution is -2.30. The van der Waals surface area contributed by atoms with Gasteiger partial charge in [-0.15, -0.1) is 0 Å². The summed E-state index contributed by atoms with van der Waals surface area (Å²) < 4.78 is 5.31. The number of hydrogen-bond donors (Lipinski definition) is 2. The van der Waals surface area contributed by atoms with Crippen LogP contribution in [0.5, 0.6) is 0 Å². The van der Waals surface area contributed by atoms with Gasteiger partial charge in [-0.3, -0.25) is 9.78 Å². The van der Waals surface area contributed by atoms with Crippen LogP contribution in [0.2, 0.25) is 0 Å². The van der Waals surface area contributed by atoms with E-state index in [1.54, 1.807) is 41.6 Å². The van der Waals surface area contributed by atoms with Crippen molar-refractivity contribution in [1.82, 2.24) is 15.2 Å². The standard InChI is InChI=1S/C20H22N4O3/c25-19(22-9-14-6-8-27-13-14)15-1-3-18(4-2-15)23-20(26)24-11-16-5-7-21-10-17(16)12-24/h1-5,7,10,14H,6,8-9,11-13H2,(H,22,25)(H,23,26)/t14-/m0/s1. The molecule has 2 N–H and O–H groups in total. The molecule has 3 amide bonds. The van der Waals surface area contributed by atoms with Gasteiger partial charge in [0.15, 0.2) is 0 Å². The second-order valence-corrected chi connectivity index (χ2v) is 6.95. The van der Waals surface area contributed by atoms with Crippen molar-refractivity contribution in [1.29, 1.82) is 0 Å². The van der Waals surface area contributed by atoms with Gasteiger partial charge < -0.3 is 20.3 Å². The zero-order valence-corrected chi connectivity index (χ0v) is 15.0. The third kappa shape index (κ3) is 4.09. The Balaban J connectivity index is 1.30. The molecule has 1 aromatic carbocycles.